The topological polar surface area (TPSA) is 178 Å². The Hall–Kier alpha value is -2.25. The normalized spacial score (nSPS) is 29.6. The highest BCUT2D eigenvalue weighted by atomic mass is 32.2. The fourth-order valence-electron chi connectivity index (χ4n) is 3.85. The Labute approximate surface area is 191 Å². The van der Waals surface area contributed by atoms with Crippen molar-refractivity contribution < 1.29 is 28.3 Å². The van der Waals surface area contributed by atoms with Crippen LogP contribution in [0.5, 0.6) is 0 Å². The number of anilines is 1. The largest absolute Gasteiger partial charge is 0.756 e. The molecule has 14 heteroatoms. The molecule has 0 radical (unpaired) electrons. The molecule has 2 saturated heterocycles. The summed E-state index contributed by atoms with van der Waals surface area (Å²) in [6.45, 7) is 3.88. The summed E-state index contributed by atoms with van der Waals surface area (Å²) in [7, 11) is -4.55. The third-order valence-electron chi connectivity index (χ3n) is 5.50. The molecule has 2 fully saturated rings. The van der Waals surface area contributed by atoms with Gasteiger partial charge >= 0.3 is 0 Å². The first kappa shape index (κ1) is 22.5. The Morgan fingerprint density at radius 2 is 2.06 bits per heavy atom. The van der Waals surface area contributed by atoms with Crippen LogP contribution in [0, 0.1) is 0 Å². The van der Waals surface area contributed by atoms with Crippen molar-refractivity contribution in [1.29, 1.82) is 0 Å². The van der Waals surface area contributed by atoms with Gasteiger partial charge in [-0.15, -0.1) is 0 Å². The van der Waals surface area contributed by atoms with Crippen LogP contribution >= 0.6 is 19.6 Å². The number of benzene rings is 1. The van der Waals surface area contributed by atoms with Crippen LogP contribution in [0.25, 0.3) is 11.2 Å². The minimum Gasteiger partial charge on any atom is -0.756 e. The maximum Gasteiger partial charge on any atom is 0.280 e. The van der Waals surface area contributed by atoms with Gasteiger partial charge in [-0.05, 0) is 23.6 Å². The Bertz CT molecular complexity index is 1310. The highest BCUT2D eigenvalue weighted by molar-refractivity contribution is 7.99. The number of imidazole rings is 1. The number of aliphatic hydroxyl groups excluding tert-OH is 1. The van der Waals surface area contributed by atoms with Crippen molar-refractivity contribution in [2.45, 2.75) is 54.4 Å². The number of phosphoric acid groups is 1. The van der Waals surface area contributed by atoms with E-state index in [0.717, 1.165) is 10.5 Å². The summed E-state index contributed by atoms with van der Waals surface area (Å²) >= 11 is 1.24. The molecule has 12 nitrogen and oxygen atoms in total. The van der Waals surface area contributed by atoms with E-state index < -0.39 is 37.9 Å². The number of rotatable bonds is 4. The number of phosphoric ester groups is 1. The molecule has 4 N–H and O–H groups in total. The molecule has 1 aromatic carbocycles. The zero-order valence-electron chi connectivity index (χ0n) is 17.6. The Kier molecular flexibility index (Phi) is 5.60. The van der Waals surface area contributed by atoms with E-state index in [2.05, 4.69) is 28.8 Å². The molecule has 5 rings (SSSR count). The molecule has 0 aliphatic carbocycles. The van der Waals surface area contributed by atoms with Crippen molar-refractivity contribution in [3.63, 3.8) is 0 Å². The van der Waals surface area contributed by atoms with Crippen LogP contribution in [0.2, 0.25) is 0 Å². The van der Waals surface area contributed by atoms with Gasteiger partial charge in [0.25, 0.3) is 13.4 Å². The van der Waals surface area contributed by atoms with Crippen molar-refractivity contribution in [1.82, 2.24) is 19.5 Å². The number of nitrogens with zero attached hydrogens (tertiary/aromatic N) is 3. The molecule has 2 aliphatic heterocycles. The molecular formula is C19H21N5O7PS-. The third kappa shape index (κ3) is 4.10. The third-order valence-corrected chi connectivity index (χ3v) is 7.45. The minimum absolute atomic E-state index is 0.00263. The molecular weight excluding hydrogens is 473 g/mol. The van der Waals surface area contributed by atoms with Crippen molar-refractivity contribution in [2.75, 3.05) is 12.3 Å². The van der Waals surface area contributed by atoms with Gasteiger partial charge in [0, 0.05) is 4.90 Å². The number of nitrogen functional groups attached to an aromatic ring is 1. The molecule has 4 heterocycles. The van der Waals surface area contributed by atoms with E-state index in [-0.39, 0.29) is 23.7 Å². The van der Waals surface area contributed by atoms with Gasteiger partial charge in [-0.1, -0.05) is 37.7 Å². The lowest BCUT2D eigenvalue weighted by molar-refractivity contribution is -0.245. The number of hydrogen-bond acceptors (Lipinski definition) is 11. The number of aliphatic hydroxyl groups is 1. The molecule has 5 atom stereocenters. The average molecular weight is 494 g/mol. The summed E-state index contributed by atoms with van der Waals surface area (Å²) in [6.07, 6.45) is -4.56. The number of aromatic amines is 1. The molecule has 3 unspecified atom stereocenters. The number of nitrogens with one attached hydrogen (secondary N) is 1. The SMILES string of the molecule is CC(C)c1ccc(Sc2nc3c(=O)[nH]c(N)nc3n2[C@@H]2OC3COP(=O)([O-])O[C@H]3C2O)cc1. The second-order valence-electron chi connectivity index (χ2n) is 8.08. The maximum atomic E-state index is 12.5. The number of hydrogen-bond donors (Lipinski definition) is 3. The molecule has 176 valence electrons. The van der Waals surface area contributed by atoms with E-state index in [9.17, 15) is 19.4 Å². The summed E-state index contributed by atoms with van der Waals surface area (Å²) in [5.74, 6) is 0.226. The summed E-state index contributed by atoms with van der Waals surface area (Å²) in [5, 5.41) is 11.2. The fraction of sp³-hybridized carbons (Fsp3) is 0.421. The van der Waals surface area contributed by atoms with Gasteiger partial charge in [0.1, 0.15) is 18.3 Å². The highest BCUT2D eigenvalue weighted by Gasteiger charge is 2.51. The molecule has 0 saturated carbocycles. The van der Waals surface area contributed by atoms with Gasteiger partial charge in [0.2, 0.25) is 5.95 Å². The predicted octanol–water partition coefficient (Wildman–Crippen LogP) is 1.12. The number of fused-ring (bicyclic) bond motifs is 2. The summed E-state index contributed by atoms with van der Waals surface area (Å²) in [5.41, 5.74) is 6.45. The summed E-state index contributed by atoms with van der Waals surface area (Å²) in [6, 6.07) is 7.84. The first-order chi connectivity index (χ1) is 15.6. The zero-order valence-corrected chi connectivity index (χ0v) is 19.3. The van der Waals surface area contributed by atoms with E-state index in [1.54, 1.807) is 0 Å². The molecule has 3 aromatic rings. The average Bonchev–Trinajstić information content (AvgIpc) is 3.25. The van der Waals surface area contributed by atoms with Crippen LogP contribution in [0.4, 0.5) is 5.95 Å². The monoisotopic (exact) mass is 494 g/mol. The number of H-pyrrole nitrogens is 1. The second-order valence-corrected chi connectivity index (χ2v) is 10.5. The van der Waals surface area contributed by atoms with Crippen molar-refractivity contribution in [3.05, 3.63) is 40.2 Å². The molecule has 2 aliphatic rings. The predicted molar refractivity (Wildman–Crippen MR) is 116 cm³/mol. The van der Waals surface area contributed by atoms with E-state index in [0.29, 0.717) is 11.1 Å². The van der Waals surface area contributed by atoms with Gasteiger partial charge in [-0.3, -0.25) is 18.9 Å². The lowest BCUT2D eigenvalue weighted by Crippen LogP contribution is -2.41. The first-order valence-electron chi connectivity index (χ1n) is 10.2. The van der Waals surface area contributed by atoms with Crippen molar-refractivity contribution in [2.24, 2.45) is 0 Å². The standard InChI is InChI=1S/C19H22N5O7PS/c1-8(2)9-3-5-10(6-4-9)33-19-21-12-15(22-18(20)23-16(12)26)24(19)17-13(25)14-11(30-17)7-29-32(27,28)31-14/h3-6,8,11,13-14,17,25H,7H2,1-2H3,(H,27,28)(H3,20,22,23,26)/p-1/t11?,13?,14-,17-/m1/s1. The van der Waals surface area contributed by atoms with E-state index in [4.69, 9.17) is 19.5 Å². The molecule has 2 aromatic heterocycles. The van der Waals surface area contributed by atoms with Gasteiger partial charge in [-0.25, -0.2) is 4.98 Å². The summed E-state index contributed by atoms with van der Waals surface area (Å²) in [4.78, 5) is 36.1. The van der Waals surface area contributed by atoms with E-state index in [1.807, 2.05) is 24.3 Å². The zero-order chi connectivity index (χ0) is 23.5. The lowest BCUT2D eigenvalue weighted by atomic mass is 10.0. The van der Waals surface area contributed by atoms with Crippen LogP contribution in [0.3, 0.4) is 0 Å². The van der Waals surface area contributed by atoms with Crippen molar-refractivity contribution in [3.8, 4) is 0 Å². The number of ether oxygens (including phenoxy) is 1. The van der Waals surface area contributed by atoms with Crippen molar-refractivity contribution >= 4 is 36.7 Å². The quantitative estimate of drug-likeness (QED) is 0.443. The smallest absolute Gasteiger partial charge is 0.280 e. The van der Waals surface area contributed by atoms with Crippen LogP contribution in [-0.4, -0.2) is 49.5 Å². The molecule has 0 bridgehead atoms. The Morgan fingerprint density at radius 3 is 2.76 bits per heavy atom. The van der Waals surface area contributed by atoms with Gasteiger partial charge in [0.05, 0.1) is 6.61 Å². The molecule has 0 spiro atoms. The number of nitrogens with two attached hydrogens (primary N) is 1. The Balaban J connectivity index is 1.58. The van der Waals surface area contributed by atoms with Crippen LogP contribution in [-0.2, 0) is 18.3 Å². The maximum absolute atomic E-state index is 12.5. The number of aromatic nitrogens is 4. The van der Waals surface area contributed by atoms with E-state index in [1.165, 1.54) is 16.3 Å². The van der Waals surface area contributed by atoms with Crippen LogP contribution in [0.15, 0.2) is 39.1 Å². The summed E-state index contributed by atoms with van der Waals surface area (Å²) < 4.78 is 28.7. The lowest BCUT2D eigenvalue weighted by Gasteiger charge is -2.34. The Morgan fingerprint density at radius 1 is 1.33 bits per heavy atom. The fourth-order valence-corrected chi connectivity index (χ4v) is 5.71. The first-order valence-corrected chi connectivity index (χ1v) is 12.4. The highest BCUT2D eigenvalue weighted by Crippen LogP contribution is 2.50. The second kappa shape index (κ2) is 8.20. The van der Waals surface area contributed by atoms with Gasteiger partial charge in [-0.2, -0.15) is 4.98 Å². The van der Waals surface area contributed by atoms with Gasteiger partial charge in [0.15, 0.2) is 22.5 Å². The van der Waals surface area contributed by atoms with Crippen LogP contribution < -0.4 is 16.2 Å². The molecule has 33 heavy (non-hydrogen) atoms. The van der Waals surface area contributed by atoms with Crippen LogP contribution in [0.1, 0.15) is 31.6 Å². The van der Waals surface area contributed by atoms with E-state index >= 15 is 0 Å². The minimum atomic E-state index is -4.55. The molecule has 0 amide bonds. The van der Waals surface area contributed by atoms with Gasteiger partial charge < -0.3 is 29.5 Å².